The summed E-state index contributed by atoms with van der Waals surface area (Å²) in [5.41, 5.74) is 0. The van der Waals surface area contributed by atoms with Gasteiger partial charge in [0.15, 0.2) is 0 Å². The molecule has 0 atom stereocenters. The van der Waals surface area contributed by atoms with Gasteiger partial charge in [0, 0.05) is 0 Å². The van der Waals surface area contributed by atoms with Crippen LogP contribution in [0.25, 0.3) is 0 Å². The van der Waals surface area contributed by atoms with Gasteiger partial charge in [-0.2, -0.15) is 0 Å². The molecule has 12 N–H and O–H groups in total. The molecule has 0 radical (unpaired) electrons. The topological polar surface area (TPSA) is 140 Å². The summed E-state index contributed by atoms with van der Waals surface area (Å²) in [6, 6.07) is 0. The van der Waals surface area contributed by atoms with Crippen LogP contribution in [0.15, 0.2) is 0 Å². The second kappa shape index (κ2) is 381. The molecule has 0 rings (SSSR count). The van der Waals surface area contributed by atoms with Gasteiger partial charge in [0.2, 0.25) is 0 Å². The fourth-order valence-electron chi connectivity index (χ4n) is 0. The van der Waals surface area contributed by atoms with Crippen LogP contribution in [0.2, 0.25) is 0 Å². The van der Waals surface area contributed by atoms with Crippen LogP contribution in [0.3, 0.4) is 0 Å². The Morgan fingerprint density at radius 1 is 0.400 bits per heavy atom. The summed E-state index contributed by atoms with van der Waals surface area (Å²) in [4.78, 5) is 0. The molecule has 0 bridgehead atoms. The van der Waals surface area contributed by atoms with E-state index in [4.69, 9.17) is 0 Å². The van der Waals surface area contributed by atoms with Crippen molar-refractivity contribution in [3.63, 3.8) is 0 Å². The average molecular weight is 132 g/mol. The summed E-state index contributed by atoms with van der Waals surface area (Å²) in [6.45, 7) is 0. The molecule has 0 aromatic rings. The zero-order valence-electron chi connectivity index (χ0n) is 3.13. The van der Waals surface area contributed by atoms with Crippen molar-refractivity contribution in [2.45, 2.75) is 0 Å². The monoisotopic (exact) mass is 131 g/mol. The third-order valence-corrected chi connectivity index (χ3v) is 0. The van der Waals surface area contributed by atoms with E-state index < -0.39 is 0 Å². The molecule has 5 heteroatoms. The van der Waals surface area contributed by atoms with Crippen molar-refractivity contribution in [3.8, 4) is 0 Å². The molecular weight excluding hydrogens is 120 g/mol. The van der Waals surface area contributed by atoms with Crippen molar-refractivity contribution in [1.29, 1.82) is 0 Å². The Bertz CT molecular complexity index is 3.61. The Morgan fingerprint density at radius 3 is 0.400 bits per heavy atom. The standard InChI is InChI=1S/Cu.4H3N/h;4*1H3/q+1;;;;. The first-order valence-corrected chi connectivity index (χ1v) is 0. The van der Waals surface area contributed by atoms with Crippen molar-refractivity contribution in [1.82, 2.24) is 24.6 Å². The van der Waals surface area contributed by atoms with Gasteiger partial charge in [0.25, 0.3) is 0 Å². The normalized spacial score (nSPS) is 0. The molecule has 0 aromatic carbocycles. The summed E-state index contributed by atoms with van der Waals surface area (Å²) in [5, 5.41) is 0. The zero-order chi connectivity index (χ0) is 0. The third kappa shape index (κ3) is 188. The van der Waals surface area contributed by atoms with Gasteiger partial charge in [-0.15, -0.1) is 0 Å². The molecule has 0 heterocycles. The van der Waals surface area contributed by atoms with Crippen molar-refractivity contribution in [2.24, 2.45) is 0 Å². The van der Waals surface area contributed by atoms with Crippen LogP contribution in [-0.2, 0) is 17.1 Å². The van der Waals surface area contributed by atoms with E-state index in [1.165, 1.54) is 0 Å². The van der Waals surface area contributed by atoms with E-state index in [1.54, 1.807) is 0 Å². The predicted octanol–water partition coefficient (Wildman–Crippen LogP) is 0.645. The van der Waals surface area contributed by atoms with E-state index in [-0.39, 0.29) is 41.7 Å². The summed E-state index contributed by atoms with van der Waals surface area (Å²) in [7, 11) is 0. The van der Waals surface area contributed by atoms with Gasteiger partial charge in [0.1, 0.15) is 0 Å². The molecule has 0 aliphatic carbocycles. The first kappa shape index (κ1) is 788. The van der Waals surface area contributed by atoms with Gasteiger partial charge in [-0.3, -0.25) is 0 Å². The minimum atomic E-state index is 0. The molecule has 0 aromatic heterocycles. The number of hydrogen-bond acceptors (Lipinski definition) is 4. The van der Waals surface area contributed by atoms with Crippen LogP contribution in [0.1, 0.15) is 0 Å². The quantitative estimate of drug-likeness (QED) is 0.358. The molecule has 5 heavy (non-hydrogen) atoms. The van der Waals surface area contributed by atoms with Gasteiger partial charge >= 0.3 is 17.1 Å². The number of rotatable bonds is 0. The van der Waals surface area contributed by atoms with E-state index in [1.807, 2.05) is 0 Å². The zero-order valence-corrected chi connectivity index (χ0v) is 4.07. The fraction of sp³-hybridized carbons (Fsp3) is 0. The minimum absolute atomic E-state index is 0. The molecule has 0 fully saturated rings. The van der Waals surface area contributed by atoms with Gasteiger partial charge in [-0.25, -0.2) is 0 Å². The van der Waals surface area contributed by atoms with E-state index in [2.05, 4.69) is 0 Å². The van der Waals surface area contributed by atoms with Crippen molar-refractivity contribution in [2.75, 3.05) is 0 Å². The SMILES string of the molecule is N.N.N.N.[Cu+]. The van der Waals surface area contributed by atoms with Crippen LogP contribution >= 0.6 is 0 Å². The maximum Gasteiger partial charge on any atom is 1.00 e. The van der Waals surface area contributed by atoms with Gasteiger partial charge in [-0.1, -0.05) is 0 Å². The first-order chi connectivity index (χ1) is 0. The van der Waals surface area contributed by atoms with Crippen LogP contribution < -0.4 is 24.6 Å². The summed E-state index contributed by atoms with van der Waals surface area (Å²) in [6.07, 6.45) is 0. The molecule has 0 saturated heterocycles. The molecule has 0 amide bonds. The summed E-state index contributed by atoms with van der Waals surface area (Å²) >= 11 is 0. The molecular formula is H12CuN4+. The van der Waals surface area contributed by atoms with E-state index in [0.29, 0.717) is 0 Å². The molecule has 0 saturated carbocycles. The van der Waals surface area contributed by atoms with Crippen LogP contribution in [-0.4, -0.2) is 0 Å². The molecule has 42 valence electrons. The van der Waals surface area contributed by atoms with Gasteiger partial charge in [0.05, 0.1) is 0 Å². The van der Waals surface area contributed by atoms with Crippen LogP contribution in [0, 0.1) is 0 Å². The maximum absolute atomic E-state index is 0. The Morgan fingerprint density at radius 2 is 0.400 bits per heavy atom. The second-order valence-corrected chi connectivity index (χ2v) is 0. The Labute approximate surface area is 42.5 Å². The number of hydrogen-bond donors (Lipinski definition) is 4. The van der Waals surface area contributed by atoms with Crippen molar-refractivity contribution in [3.05, 3.63) is 0 Å². The molecule has 0 aliphatic heterocycles. The summed E-state index contributed by atoms with van der Waals surface area (Å²) in [5.74, 6) is 0. The van der Waals surface area contributed by atoms with Crippen LogP contribution in [0.5, 0.6) is 0 Å². The predicted molar refractivity (Wildman–Crippen MR) is 20.1 cm³/mol. The molecule has 0 aliphatic rings. The third-order valence-electron chi connectivity index (χ3n) is 0. The Hall–Kier alpha value is 0.359. The van der Waals surface area contributed by atoms with E-state index in [0.717, 1.165) is 0 Å². The molecule has 0 unspecified atom stereocenters. The largest absolute Gasteiger partial charge is 1.00 e. The smallest absolute Gasteiger partial charge is 0.344 e. The van der Waals surface area contributed by atoms with Crippen molar-refractivity contribution >= 4 is 0 Å². The maximum atomic E-state index is 0. The molecule has 0 spiro atoms. The van der Waals surface area contributed by atoms with Crippen molar-refractivity contribution < 1.29 is 17.1 Å². The summed E-state index contributed by atoms with van der Waals surface area (Å²) < 4.78 is 0. The second-order valence-electron chi connectivity index (χ2n) is 0. The minimum Gasteiger partial charge on any atom is -0.344 e. The van der Waals surface area contributed by atoms with Crippen LogP contribution in [0.4, 0.5) is 0 Å². The average Bonchev–Trinajstić information content (AvgIpc) is 0. The van der Waals surface area contributed by atoms with Gasteiger partial charge in [-0.05, 0) is 0 Å². The first-order valence-electron chi connectivity index (χ1n) is 0. The van der Waals surface area contributed by atoms with Gasteiger partial charge < -0.3 is 24.6 Å². The van der Waals surface area contributed by atoms with E-state index in [9.17, 15) is 0 Å². The fourth-order valence-corrected chi connectivity index (χ4v) is 0. The Kier molecular flexibility index (Phi) is 60000. The van der Waals surface area contributed by atoms with E-state index >= 15 is 0 Å². The Balaban J connectivity index is 0. The molecule has 4 nitrogen and oxygen atoms in total.